The van der Waals surface area contributed by atoms with Crippen LogP contribution in [0.25, 0.3) is 0 Å². The maximum atomic E-state index is 11.9. The molecule has 0 atom stereocenters. The summed E-state index contributed by atoms with van der Waals surface area (Å²) in [4.78, 5) is 11.9. The van der Waals surface area contributed by atoms with E-state index in [4.69, 9.17) is 0 Å². The van der Waals surface area contributed by atoms with Gasteiger partial charge in [-0.1, -0.05) is 30.3 Å². The zero-order chi connectivity index (χ0) is 14.4. The second kappa shape index (κ2) is 6.73. The predicted octanol–water partition coefficient (Wildman–Crippen LogP) is 2.19. The van der Waals surface area contributed by atoms with Crippen LogP contribution in [0.1, 0.15) is 15.9 Å². The van der Waals surface area contributed by atoms with Gasteiger partial charge >= 0.3 is 0 Å². The number of hydrogen-bond donors (Lipinski definition) is 2. The van der Waals surface area contributed by atoms with Gasteiger partial charge in [0, 0.05) is 26.2 Å². The molecule has 2 N–H and O–H groups in total. The van der Waals surface area contributed by atoms with E-state index in [-0.39, 0.29) is 5.91 Å². The lowest BCUT2D eigenvalue weighted by molar-refractivity contribution is 0.0951. The zero-order valence-corrected chi connectivity index (χ0v) is 11.8. The Hall–Kier alpha value is -2.33. The first kappa shape index (κ1) is 14.1. The quantitative estimate of drug-likeness (QED) is 0.818. The third-order valence-corrected chi connectivity index (χ3v) is 3.15. The summed E-state index contributed by atoms with van der Waals surface area (Å²) in [5, 5.41) is 4.83. The smallest absolute Gasteiger partial charge is 0.251 e. The Balaban J connectivity index is 1.93. The zero-order valence-electron chi connectivity index (χ0n) is 11.8. The van der Waals surface area contributed by atoms with Crippen LogP contribution in [0, 0.1) is 0 Å². The summed E-state index contributed by atoms with van der Waals surface area (Å²) in [6.07, 6.45) is 0. The minimum Gasteiger partial charge on any atom is -0.348 e. The molecule has 0 unspecified atom stereocenters. The third-order valence-electron chi connectivity index (χ3n) is 3.15. The van der Waals surface area contributed by atoms with E-state index in [2.05, 4.69) is 10.7 Å². The van der Waals surface area contributed by atoms with Crippen molar-refractivity contribution in [1.82, 2.24) is 10.7 Å². The second-order valence-corrected chi connectivity index (χ2v) is 4.50. The fourth-order valence-corrected chi connectivity index (χ4v) is 1.84. The molecular weight excluding hydrogens is 250 g/mol. The monoisotopic (exact) mass is 269 g/mol. The van der Waals surface area contributed by atoms with Gasteiger partial charge in [0.2, 0.25) is 0 Å². The molecule has 0 aromatic heterocycles. The van der Waals surface area contributed by atoms with Gasteiger partial charge in [-0.2, -0.15) is 0 Å². The highest BCUT2D eigenvalue weighted by Crippen LogP contribution is 2.12. The molecule has 0 aliphatic heterocycles. The van der Waals surface area contributed by atoms with Crippen molar-refractivity contribution in [2.45, 2.75) is 6.54 Å². The molecule has 104 valence electrons. The van der Waals surface area contributed by atoms with Crippen molar-refractivity contribution in [2.75, 3.05) is 19.1 Å². The molecule has 4 nitrogen and oxygen atoms in total. The fraction of sp³-hybridized carbons (Fsp3) is 0.188. The van der Waals surface area contributed by atoms with Crippen LogP contribution in [-0.2, 0) is 6.54 Å². The van der Waals surface area contributed by atoms with Gasteiger partial charge in [0.05, 0.1) is 5.69 Å². The summed E-state index contributed by atoms with van der Waals surface area (Å²) in [5.74, 6) is -0.0537. The number of carbonyl (C=O) groups excluding carboxylic acids is 1. The maximum absolute atomic E-state index is 11.9. The third kappa shape index (κ3) is 3.59. The summed E-state index contributed by atoms with van der Waals surface area (Å²) in [7, 11) is 3.82. The molecule has 0 aliphatic carbocycles. The Morgan fingerprint density at radius 2 is 1.70 bits per heavy atom. The molecule has 0 heterocycles. The Kier molecular flexibility index (Phi) is 4.74. The maximum Gasteiger partial charge on any atom is 0.251 e. The number of nitrogens with zero attached hydrogens (tertiary/aromatic N) is 1. The van der Waals surface area contributed by atoms with E-state index in [1.165, 1.54) is 0 Å². The minimum atomic E-state index is -0.0537. The van der Waals surface area contributed by atoms with E-state index in [0.29, 0.717) is 12.1 Å². The number of nitrogens with one attached hydrogen (secondary N) is 2. The molecule has 0 spiro atoms. The fourth-order valence-electron chi connectivity index (χ4n) is 1.84. The van der Waals surface area contributed by atoms with Crippen molar-refractivity contribution in [1.29, 1.82) is 0 Å². The number of hydrogen-bond acceptors (Lipinski definition) is 3. The Morgan fingerprint density at radius 3 is 2.30 bits per heavy atom. The van der Waals surface area contributed by atoms with Gasteiger partial charge in [-0.05, 0) is 29.8 Å². The van der Waals surface area contributed by atoms with E-state index in [0.717, 1.165) is 11.3 Å². The lowest BCUT2D eigenvalue weighted by Gasteiger charge is -2.17. The van der Waals surface area contributed by atoms with Crippen molar-refractivity contribution in [2.24, 2.45) is 0 Å². The van der Waals surface area contributed by atoms with Crippen LogP contribution >= 0.6 is 0 Å². The van der Waals surface area contributed by atoms with Gasteiger partial charge in [0.15, 0.2) is 0 Å². The molecular formula is C16H19N3O. The largest absolute Gasteiger partial charge is 0.348 e. The Morgan fingerprint density at radius 1 is 1.05 bits per heavy atom. The van der Waals surface area contributed by atoms with Crippen LogP contribution in [0.3, 0.4) is 0 Å². The van der Waals surface area contributed by atoms with E-state index in [1.54, 1.807) is 12.1 Å². The SMILES string of the molecule is CNN(C)c1ccc(CNC(=O)c2ccccc2)cc1. The average Bonchev–Trinajstić information content (AvgIpc) is 2.53. The van der Waals surface area contributed by atoms with Gasteiger partial charge in [0.25, 0.3) is 5.91 Å². The molecule has 0 aliphatic rings. The highest BCUT2D eigenvalue weighted by Gasteiger charge is 2.04. The molecule has 0 fully saturated rings. The number of rotatable bonds is 5. The van der Waals surface area contributed by atoms with Crippen molar-refractivity contribution in [3.63, 3.8) is 0 Å². The topological polar surface area (TPSA) is 44.4 Å². The summed E-state index contributed by atoms with van der Waals surface area (Å²) in [6.45, 7) is 0.525. The molecule has 1 amide bonds. The van der Waals surface area contributed by atoms with Gasteiger partial charge in [0.1, 0.15) is 0 Å². The lowest BCUT2D eigenvalue weighted by Crippen LogP contribution is -2.30. The number of anilines is 1. The molecule has 0 saturated carbocycles. The molecule has 4 heteroatoms. The Labute approximate surface area is 119 Å². The standard InChI is InChI=1S/C16H19N3O/c1-17-19(2)15-10-8-13(9-11-15)12-18-16(20)14-6-4-3-5-7-14/h3-11,17H,12H2,1-2H3,(H,18,20). The molecule has 0 saturated heterocycles. The van der Waals surface area contributed by atoms with E-state index in [9.17, 15) is 4.79 Å². The summed E-state index contributed by atoms with van der Waals surface area (Å²) in [5.41, 5.74) is 5.86. The molecule has 2 aromatic rings. The van der Waals surface area contributed by atoms with E-state index >= 15 is 0 Å². The van der Waals surface area contributed by atoms with Gasteiger partial charge < -0.3 is 10.3 Å². The molecule has 0 radical (unpaired) electrons. The van der Waals surface area contributed by atoms with Crippen molar-refractivity contribution in [3.8, 4) is 0 Å². The van der Waals surface area contributed by atoms with Crippen molar-refractivity contribution < 1.29 is 4.79 Å². The first-order chi connectivity index (χ1) is 9.70. The van der Waals surface area contributed by atoms with Gasteiger partial charge in [-0.3, -0.25) is 4.79 Å². The molecule has 2 aromatic carbocycles. The van der Waals surface area contributed by atoms with E-state index < -0.39 is 0 Å². The molecule has 0 bridgehead atoms. The van der Waals surface area contributed by atoms with Gasteiger partial charge in [-0.25, -0.2) is 5.43 Å². The van der Waals surface area contributed by atoms with Crippen LogP contribution in [0.15, 0.2) is 54.6 Å². The average molecular weight is 269 g/mol. The normalized spacial score (nSPS) is 10.1. The highest BCUT2D eigenvalue weighted by molar-refractivity contribution is 5.94. The van der Waals surface area contributed by atoms with E-state index in [1.807, 2.05) is 61.6 Å². The van der Waals surface area contributed by atoms with Gasteiger partial charge in [-0.15, -0.1) is 0 Å². The number of carbonyl (C=O) groups is 1. The van der Waals surface area contributed by atoms with Crippen LogP contribution in [-0.4, -0.2) is 20.0 Å². The first-order valence-corrected chi connectivity index (χ1v) is 6.54. The Bertz CT molecular complexity index is 552. The molecule has 2 rings (SSSR count). The summed E-state index contributed by atoms with van der Waals surface area (Å²) >= 11 is 0. The second-order valence-electron chi connectivity index (χ2n) is 4.50. The molecule has 20 heavy (non-hydrogen) atoms. The van der Waals surface area contributed by atoms with Crippen LogP contribution in [0.4, 0.5) is 5.69 Å². The summed E-state index contributed by atoms with van der Waals surface area (Å²) < 4.78 is 0. The number of benzene rings is 2. The lowest BCUT2D eigenvalue weighted by atomic mass is 10.2. The minimum absolute atomic E-state index is 0.0537. The van der Waals surface area contributed by atoms with Crippen LogP contribution in [0.5, 0.6) is 0 Å². The highest BCUT2D eigenvalue weighted by atomic mass is 16.1. The summed E-state index contributed by atoms with van der Waals surface area (Å²) in [6, 6.07) is 17.3. The van der Waals surface area contributed by atoms with Crippen LogP contribution in [0.2, 0.25) is 0 Å². The van der Waals surface area contributed by atoms with Crippen molar-refractivity contribution in [3.05, 3.63) is 65.7 Å². The predicted molar refractivity (Wildman–Crippen MR) is 81.5 cm³/mol. The van der Waals surface area contributed by atoms with Crippen molar-refractivity contribution >= 4 is 11.6 Å². The number of hydrazine groups is 1. The van der Waals surface area contributed by atoms with Crippen LogP contribution < -0.4 is 15.8 Å². The first-order valence-electron chi connectivity index (χ1n) is 6.54. The number of amides is 1.